The zero-order valence-corrected chi connectivity index (χ0v) is 22.0. The molecule has 0 aliphatic rings. The summed E-state index contributed by atoms with van der Waals surface area (Å²) < 4.78 is 12.8. The minimum atomic E-state index is -2.92. The van der Waals surface area contributed by atoms with Crippen LogP contribution in [0.5, 0.6) is 0 Å². The maximum absolute atomic E-state index is 8.42. The molecule has 0 aliphatic heterocycles. The molecule has 3 heterocycles. The summed E-state index contributed by atoms with van der Waals surface area (Å²) >= 11 is 0. The Balaban J connectivity index is 0.000000445. The van der Waals surface area contributed by atoms with Crippen LogP contribution in [0, 0.1) is 0 Å². The molecule has 192 valence electrons. The SMILES string of the molecule is CCCCn1cc[n+](C)c1.CCCCn1cc[n+](C)c1.CCCCn1cc[n+](C)c1.[O-]B([O-])[O-]. The van der Waals surface area contributed by atoms with Crippen LogP contribution in [0.25, 0.3) is 0 Å². The molecule has 10 heteroatoms. The molecule has 3 rings (SSSR count). The van der Waals surface area contributed by atoms with E-state index in [1.165, 1.54) is 38.5 Å². The summed E-state index contributed by atoms with van der Waals surface area (Å²) in [5.74, 6) is 0. The highest BCUT2D eigenvalue weighted by Gasteiger charge is 1.98. The van der Waals surface area contributed by atoms with Crippen molar-refractivity contribution in [3.8, 4) is 0 Å². The molecule has 3 aromatic heterocycles. The first kappa shape index (κ1) is 31.6. The van der Waals surface area contributed by atoms with Crippen LogP contribution in [-0.2, 0) is 40.8 Å². The van der Waals surface area contributed by atoms with Gasteiger partial charge in [0.05, 0.1) is 40.8 Å². The van der Waals surface area contributed by atoms with Crippen LogP contribution in [0.2, 0.25) is 0 Å². The lowest BCUT2D eigenvalue weighted by Gasteiger charge is -2.35. The maximum Gasteiger partial charge on any atom is 0.243 e. The van der Waals surface area contributed by atoms with Gasteiger partial charge in [0.2, 0.25) is 19.0 Å². The number of imidazole rings is 3. The van der Waals surface area contributed by atoms with Crippen LogP contribution in [0.15, 0.2) is 56.2 Å². The molecule has 0 fully saturated rings. The van der Waals surface area contributed by atoms with Gasteiger partial charge in [-0.25, -0.2) is 27.4 Å². The Morgan fingerprint density at radius 2 is 0.794 bits per heavy atom. The second kappa shape index (κ2) is 20.0. The van der Waals surface area contributed by atoms with Crippen LogP contribution >= 0.6 is 0 Å². The van der Waals surface area contributed by atoms with Gasteiger partial charge >= 0.3 is 0 Å². The lowest BCUT2D eigenvalue weighted by Crippen LogP contribution is -2.56. The molecule has 0 saturated carbocycles. The maximum atomic E-state index is 8.42. The highest BCUT2D eigenvalue weighted by molar-refractivity contribution is 6.24. The van der Waals surface area contributed by atoms with Crippen LogP contribution in [-0.4, -0.2) is 21.0 Å². The molecular weight excluding hydrogens is 431 g/mol. The van der Waals surface area contributed by atoms with E-state index in [1.807, 2.05) is 21.1 Å². The average Bonchev–Trinajstić information content (AvgIpc) is 3.51. The Morgan fingerprint density at radius 3 is 0.941 bits per heavy atom. The molecule has 0 N–H and O–H groups in total. The lowest BCUT2D eigenvalue weighted by molar-refractivity contribution is -0.671. The van der Waals surface area contributed by atoms with Crippen molar-refractivity contribution in [3.05, 3.63) is 56.2 Å². The number of aryl methyl sites for hydroxylation is 6. The highest BCUT2D eigenvalue weighted by atomic mass is 16.5. The summed E-state index contributed by atoms with van der Waals surface area (Å²) in [7, 11) is 3.22. The Bertz CT molecular complexity index is 739. The molecule has 0 aliphatic carbocycles. The number of unbranched alkanes of at least 4 members (excludes halogenated alkanes) is 3. The summed E-state index contributed by atoms with van der Waals surface area (Å²) in [6, 6.07) is 0. The van der Waals surface area contributed by atoms with E-state index in [2.05, 4.69) is 104 Å². The molecule has 0 atom stereocenters. The van der Waals surface area contributed by atoms with Crippen molar-refractivity contribution < 1.29 is 28.8 Å². The second-order valence-electron chi connectivity index (χ2n) is 8.30. The van der Waals surface area contributed by atoms with E-state index in [4.69, 9.17) is 15.1 Å². The second-order valence-corrected chi connectivity index (χ2v) is 8.30. The van der Waals surface area contributed by atoms with E-state index >= 15 is 0 Å². The Labute approximate surface area is 206 Å². The van der Waals surface area contributed by atoms with Crippen molar-refractivity contribution in [2.24, 2.45) is 21.1 Å². The third-order valence-corrected chi connectivity index (χ3v) is 4.78. The fraction of sp³-hybridized carbons (Fsp3) is 0.625. The quantitative estimate of drug-likeness (QED) is 0.305. The van der Waals surface area contributed by atoms with Gasteiger partial charge in [0.25, 0.3) is 0 Å². The largest absolute Gasteiger partial charge is 0.907 e. The number of aromatic nitrogens is 6. The first-order chi connectivity index (χ1) is 16.2. The summed E-state index contributed by atoms with van der Waals surface area (Å²) in [4.78, 5) is 0. The molecule has 0 aromatic carbocycles. The van der Waals surface area contributed by atoms with Gasteiger partial charge in [-0.15, -0.1) is 0 Å². The third kappa shape index (κ3) is 18.1. The minimum absolute atomic E-state index is 1.15. The molecule has 0 bridgehead atoms. The Hall–Kier alpha value is -2.43. The molecule has 9 nitrogen and oxygen atoms in total. The summed E-state index contributed by atoms with van der Waals surface area (Å²) in [6.07, 6.45) is 26.5. The third-order valence-electron chi connectivity index (χ3n) is 4.78. The fourth-order valence-corrected chi connectivity index (χ4v) is 2.92. The molecule has 0 saturated heterocycles. The van der Waals surface area contributed by atoms with Crippen LogP contribution in [0.1, 0.15) is 59.3 Å². The molecule has 0 unspecified atom stereocenters. The molecular formula is C24H45BN6O3. The molecule has 34 heavy (non-hydrogen) atoms. The van der Waals surface area contributed by atoms with Crippen LogP contribution < -0.4 is 28.8 Å². The van der Waals surface area contributed by atoms with Gasteiger partial charge in [-0.1, -0.05) is 40.0 Å². The lowest BCUT2D eigenvalue weighted by atomic mass is 10.3. The van der Waals surface area contributed by atoms with E-state index in [0.717, 1.165) is 19.6 Å². The van der Waals surface area contributed by atoms with Crippen molar-refractivity contribution in [1.29, 1.82) is 0 Å². The Kier molecular flexibility index (Phi) is 18.6. The topological polar surface area (TPSA) is 95.6 Å². The van der Waals surface area contributed by atoms with Gasteiger partial charge in [-0.2, -0.15) is 0 Å². The van der Waals surface area contributed by atoms with Crippen molar-refractivity contribution >= 4 is 7.32 Å². The highest BCUT2D eigenvalue weighted by Crippen LogP contribution is 1.93. The van der Waals surface area contributed by atoms with Gasteiger partial charge in [-0.05, 0) is 19.3 Å². The van der Waals surface area contributed by atoms with E-state index in [1.54, 1.807) is 0 Å². The monoisotopic (exact) mass is 476 g/mol. The van der Waals surface area contributed by atoms with Gasteiger partial charge in [0, 0.05) is 0 Å². The standard InChI is InChI=1S/3C8H15N2.BO3/c3*1-3-4-5-10-7-6-9(2)8-10;2-1(3)4/h3*6-8H,3-5H2,1-2H3;/q3*+1;-3. The smallest absolute Gasteiger partial charge is 0.243 e. The Morgan fingerprint density at radius 1 is 0.559 bits per heavy atom. The fourth-order valence-electron chi connectivity index (χ4n) is 2.92. The van der Waals surface area contributed by atoms with Gasteiger partial charge in [0.1, 0.15) is 37.2 Å². The van der Waals surface area contributed by atoms with Crippen molar-refractivity contribution in [2.45, 2.75) is 78.9 Å². The van der Waals surface area contributed by atoms with Crippen molar-refractivity contribution in [1.82, 2.24) is 13.7 Å². The normalized spacial score (nSPS) is 9.79. The predicted molar refractivity (Wildman–Crippen MR) is 127 cm³/mol. The molecule has 0 spiro atoms. The zero-order chi connectivity index (χ0) is 25.8. The van der Waals surface area contributed by atoms with Gasteiger partial charge in [0.15, 0.2) is 0 Å². The van der Waals surface area contributed by atoms with E-state index < -0.39 is 7.32 Å². The van der Waals surface area contributed by atoms with E-state index in [0.29, 0.717) is 0 Å². The summed E-state index contributed by atoms with van der Waals surface area (Å²) in [5, 5.41) is 25.2. The first-order valence-electron chi connectivity index (χ1n) is 12.2. The molecule has 3 aromatic rings. The number of hydrogen-bond acceptors (Lipinski definition) is 3. The minimum Gasteiger partial charge on any atom is -0.907 e. The number of hydrogen-bond donors (Lipinski definition) is 0. The molecule has 0 radical (unpaired) electrons. The zero-order valence-electron chi connectivity index (χ0n) is 22.0. The van der Waals surface area contributed by atoms with Gasteiger partial charge in [-0.3, -0.25) is 7.32 Å². The molecule has 0 amide bonds. The first-order valence-corrected chi connectivity index (χ1v) is 12.2. The van der Waals surface area contributed by atoms with Gasteiger partial charge < -0.3 is 15.1 Å². The summed E-state index contributed by atoms with van der Waals surface area (Å²) in [5.41, 5.74) is 0. The number of nitrogens with zero attached hydrogens (tertiary/aromatic N) is 6. The number of rotatable bonds is 9. The summed E-state index contributed by atoms with van der Waals surface area (Å²) in [6.45, 7) is 10.1. The van der Waals surface area contributed by atoms with Crippen LogP contribution in [0.3, 0.4) is 0 Å². The van der Waals surface area contributed by atoms with E-state index in [-0.39, 0.29) is 0 Å². The van der Waals surface area contributed by atoms with Crippen molar-refractivity contribution in [3.63, 3.8) is 0 Å². The predicted octanol–water partition coefficient (Wildman–Crippen LogP) is -0.610. The average molecular weight is 476 g/mol. The van der Waals surface area contributed by atoms with Crippen LogP contribution in [0.4, 0.5) is 0 Å². The van der Waals surface area contributed by atoms with E-state index in [9.17, 15) is 0 Å². The van der Waals surface area contributed by atoms with Crippen molar-refractivity contribution in [2.75, 3.05) is 0 Å².